The highest BCUT2D eigenvalue weighted by atomic mass is 32.1. The van der Waals surface area contributed by atoms with Gasteiger partial charge in [-0.15, -0.1) is 22.7 Å². The van der Waals surface area contributed by atoms with Crippen LogP contribution in [0.25, 0.3) is 10.6 Å². The second kappa shape index (κ2) is 11.0. The van der Waals surface area contributed by atoms with Gasteiger partial charge in [-0.1, -0.05) is 6.07 Å². The third-order valence-corrected chi connectivity index (χ3v) is 6.45. The van der Waals surface area contributed by atoms with Crippen LogP contribution in [0, 0.1) is 0 Å². The van der Waals surface area contributed by atoms with Gasteiger partial charge in [0.25, 0.3) is 0 Å². The minimum absolute atomic E-state index is 0.0655. The molecule has 0 atom stereocenters. The Morgan fingerprint density at radius 3 is 2.50 bits per heavy atom. The van der Waals surface area contributed by atoms with Crippen molar-refractivity contribution in [1.29, 1.82) is 0 Å². The van der Waals surface area contributed by atoms with Gasteiger partial charge in [0.2, 0.25) is 17.6 Å². The van der Waals surface area contributed by atoms with E-state index >= 15 is 0 Å². The van der Waals surface area contributed by atoms with Gasteiger partial charge in [0.1, 0.15) is 0 Å². The minimum Gasteiger partial charge on any atom is -0.493 e. The Bertz CT molecular complexity index is 1090. The normalized spacial score (nSPS) is 10.5. The minimum atomic E-state index is -0.139. The molecule has 0 unspecified atom stereocenters. The van der Waals surface area contributed by atoms with Crippen LogP contribution in [0.1, 0.15) is 23.8 Å². The van der Waals surface area contributed by atoms with Crippen molar-refractivity contribution in [3.63, 3.8) is 0 Å². The van der Waals surface area contributed by atoms with Gasteiger partial charge < -0.3 is 24.8 Å². The quantitative estimate of drug-likeness (QED) is 0.458. The van der Waals surface area contributed by atoms with Crippen molar-refractivity contribution in [3.8, 4) is 27.8 Å². The Kier molecular flexibility index (Phi) is 8.07. The summed E-state index contributed by atoms with van der Waals surface area (Å²) in [6, 6.07) is 7.59. The number of rotatable bonds is 10. The van der Waals surface area contributed by atoms with Crippen LogP contribution in [0.15, 0.2) is 29.6 Å². The molecule has 32 heavy (non-hydrogen) atoms. The van der Waals surface area contributed by atoms with Crippen LogP contribution in [0.5, 0.6) is 17.2 Å². The fourth-order valence-electron chi connectivity index (χ4n) is 3.06. The molecule has 0 saturated carbocycles. The zero-order valence-corrected chi connectivity index (χ0v) is 19.9. The molecule has 0 spiro atoms. The molecule has 3 rings (SSSR count). The second-order valence-corrected chi connectivity index (χ2v) is 8.78. The topological polar surface area (TPSA) is 98.8 Å². The smallest absolute Gasteiger partial charge is 0.226 e. The molecule has 0 aliphatic rings. The third kappa shape index (κ3) is 5.77. The number of carbonyl (C=O) groups excluding carboxylic acids is 2. The zero-order chi connectivity index (χ0) is 23.1. The van der Waals surface area contributed by atoms with Gasteiger partial charge in [0, 0.05) is 23.6 Å². The van der Waals surface area contributed by atoms with Crippen molar-refractivity contribution in [2.75, 3.05) is 26.6 Å². The molecule has 2 aromatic heterocycles. The van der Waals surface area contributed by atoms with Gasteiger partial charge in [-0.2, -0.15) is 0 Å². The number of carbonyl (C=O) groups is 2. The van der Waals surface area contributed by atoms with E-state index in [9.17, 15) is 9.59 Å². The summed E-state index contributed by atoms with van der Waals surface area (Å²) in [6.45, 7) is 1.98. The van der Waals surface area contributed by atoms with Crippen LogP contribution < -0.4 is 24.8 Å². The molecular formula is C22H25N3O5S2. The highest BCUT2D eigenvalue weighted by Gasteiger charge is 2.17. The highest BCUT2D eigenvalue weighted by molar-refractivity contribution is 7.17. The summed E-state index contributed by atoms with van der Waals surface area (Å²) in [5.41, 5.74) is 1.65. The van der Waals surface area contributed by atoms with E-state index in [0.29, 0.717) is 35.3 Å². The van der Waals surface area contributed by atoms with E-state index in [0.717, 1.165) is 21.0 Å². The zero-order valence-electron chi connectivity index (χ0n) is 18.3. The van der Waals surface area contributed by atoms with Crippen molar-refractivity contribution in [1.82, 2.24) is 10.3 Å². The molecule has 8 nitrogen and oxygen atoms in total. The summed E-state index contributed by atoms with van der Waals surface area (Å²) in [4.78, 5) is 30.1. The Morgan fingerprint density at radius 1 is 1.03 bits per heavy atom. The summed E-state index contributed by atoms with van der Waals surface area (Å²) in [5.74, 6) is 1.43. The summed E-state index contributed by atoms with van der Waals surface area (Å²) in [5, 5.41) is 8.08. The van der Waals surface area contributed by atoms with E-state index in [1.807, 2.05) is 23.6 Å². The first-order chi connectivity index (χ1) is 15.4. The Balaban J connectivity index is 1.60. The number of anilines is 1. The molecular weight excluding hydrogens is 450 g/mol. The van der Waals surface area contributed by atoms with Crippen molar-refractivity contribution in [2.24, 2.45) is 0 Å². The van der Waals surface area contributed by atoms with Crippen LogP contribution in [0.3, 0.4) is 0 Å². The molecule has 0 bridgehead atoms. The maximum atomic E-state index is 12.5. The van der Waals surface area contributed by atoms with E-state index in [4.69, 9.17) is 14.2 Å². The maximum absolute atomic E-state index is 12.5. The number of amides is 2. The number of hydrogen-bond donors (Lipinski definition) is 2. The van der Waals surface area contributed by atoms with Crippen molar-refractivity contribution < 1.29 is 23.8 Å². The molecule has 2 heterocycles. The molecule has 0 aliphatic heterocycles. The third-order valence-electron chi connectivity index (χ3n) is 4.58. The lowest BCUT2D eigenvalue weighted by Crippen LogP contribution is -2.17. The summed E-state index contributed by atoms with van der Waals surface area (Å²) >= 11 is 2.93. The fraction of sp³-hybridized carbons (Fsp3) is 0.318. The number of nitrogens with zero attached hydrogens (tertiary/aromatic N) is 1. The monoisotopic (exact) mass is 475 g/mol. The number of thiophene rings is 1. The average Bonchev–Trinajstić information content (AvgIpc) is 3.44. The predicted molar refractivity (Wildman–Crippen MR) is 126 cm³/mol. The summed E-state index contributed by atoms with van der Waals surface area (Å²) in [6.07, 6.45) is 0.742. The Morgan fingerprint density at radius 2 is 1.81 bits per heavy atom. The van der Waals surface area contributed by atoms with Gasteiger partial charge in [0.05, 0.1) is 38.4 Å². The van der Waals surface area contributed by atoms with E-state index in [-0.39, 0.29) is 18.2 Å². The number of benzene rings is 1. The molecule has 0 aliphatic carbocycles. The van der Waals surface area contributed by atoms with Gasteiger partial charge >= 0.3 is 0 Å². The molecule has 0 saturated heterocycles. The second-order valence-electron chi connectivity index (χ2n) is 6.76. The maximum Gasteiger partial charge on any atom is 0.226 e. The number of aryl methyl sites for hydroxylation is 1. The van der Waals surface area contributed by atoms with E-state index < -0.39 is 0 Å². The van der Waals surface area contributed by atoms with Crippen molar-refractivity contribution in [3.05, 3.63) is 40.1 Å². The lowest BCUT2D eigenvalue weighted by Gasteiger charge is -2.15. The Hall–Kier alpha value is -3.11. The molecule has 2 N–H and O–H groups in total. The van der Waals surface area contributed by atoms with Crippen LogP contribution in [-0.2, 0) is 22.6 Å². The Labute approximate surface area is 194 Å². The molecule has 10 heteroatoms. The number of thiazole rings is 1. The largest absolute Gasteiger partial charge is 0.493 e. The first-order valence-electron chi connectivity index (χ1n) is 9.81. The molecule has 3 aromatic rings. The number of hydrogen-bond acceptors (Lipinski definition) is 8. The fourth-order valence-corrected chi connectivity index (χ4v) is 4.77. The van der Waals surface area contributed by atoms with Crippen LogP contribution in [0.4, 0.5) is 5.13 Å². The van der Waals surface area contributed by atoms with Gasteiger partial charge in [-0.3, -0.25) is 9.59 Å². The SMILES string of the molecule is COc1ccc(CCC(=O)Nc2nc(-c3ccc(CNC(C)=O)s3)cs2)c(OC)c1OC. The first kappa shape index (κ1) is 23.6. The van der Waals surface area contributed by atoms with Crippen LogP contribution in [0.2, 0.25) is 0 Å². The van der Waals surface area contributed by atoms with E-state index in [2.05, 4.69) is 15.6 Å². The average molecular weight is 476 g/mol. The highest BCUT2D eigenvalue weighted by Crippen LogP contribution is 2.40. The summed E-state index contributed by atoms with van der Waals surface area (Å²) < 4.78 is 16.2. The van der Waals surface area contributed by atoms with Crippen LogP contribution >= 0.6 is 22.7 Å². The lowest BCUT2D eigenvalue weighted by molar-refractivity contribution is -0.119. The summed E-state index contributed by atoms with van der Waals surface area (Å²) in [7, 11) is 4.67. The molecule has 0 fully saturated rings. The van der Waals surface area contributed by atoms with E-state index in [1.165, 1.54) is 18.3 Å². The lowest BCUT2D eigenvalue weighted by atomic mass is 10.1. The molecule has 0 radical (unpaired) electrons. The van der Waals surface area contributed by atoms with Crippen molar-refractivity contribution >= 4 is 39.6 Å². The van der Waals surface area contributed by atoms with E-state index in [1.54, 1.807) is 38.7 Å². The van der Waals surface area contributed by atoms with Gasteiger partial charge in [-0.05, 0) is 30.2 Å². The van der Waals surface area contributed by atoms with Crippen molar-refractivity contribution in [2.45, 2.75) is 26.3 Å². The molecule has 1 aromatic carbocycles. The van der Waals surface area contributed by atoms with Crippen LogP contribution in [-0.4, -0.2) is 38.1 Å². The number of aromatic nitrogens is 1. The molecule has 170 valence electrons. The predicted octanol–water partition coefficient (Wildman–Crippen LogP) is 4.10. The van der Waals surface area contributed by atoms with Gasteiger partial charge in [0.15, 0.2) is 16.6 Å². The standard InChI is InChI=1S/C22H25N3O5S2/c1-13(26)23-11-15-7-9-18(32-15)16-12-31-22(24-16)25-19(27)10-6-14-5-8-17(28-2)21(30-4)20(14)29-3/h5,7-9,12H,6,10-11H2,1-4H3,(H,23,26)(H,24,25,27). The number of ether oxygens (including phenoxy) is 3. The number of methoxy groups -OCH3 is 3. The van der Waals surface area contributed by atoms with Gasteiger partial charge in [-0.25, -0.2) is 4.98 Å². The molecule has 2 amide bonds. The number of nitrogens with one attached hydrogen (secondary N) is 2. The first-order valence-corrected chi connectivity index (χ1v) is 11.5.